The fourth-order valence-electron chi connectivity index (χ4n) is 3.61. The van der Waals surface area contributed by atoms with Gasteiger partial charge in [-0.1, -0.05) is 32.0 Å². The summed E-state index contributed by atoms with van der Waals surface area (Å²) in [6.07, 6.45) is 1.14. The number of hydrogen-bond acceptors (Lipinski definition) is 1. The van der Waals surface area contributed by atoms with E-state index in [4.69, 9.17) is 5.11 Å². The van der Waals surface area contributed by atoms with Crippen LogP contribution in [-0.4, -0.2) is 21.8 Å². The van der Waals surface area contributed by atoms with Gasteiger partial charge in [0.1, 0.15) is 0 Å². The van der Waals surface area contributed by atoms with Crippen molar-refractivity contribution >= 4 is 17.0 Å². The van der Waals surface area contributed by atoms with Crippen LogP contribution in [-0.2, 0) is 13.0 Å². The molecule has 1 aromatic carbocycles. The van der Waals surface area contributed by atoms with Gasteiger partial charge in [0.15, 0.2) is 0 Å². The van der Waals surface area contributed by atoms with Crippen LogP contribution in [0.5, 0.6) is 0 Å². The molecule has 2 atom stereocenters. The van der Waals surface area contributed by atoms with E-state index in [-0.39, 0.29) is 6.04 Å². The van der Waals surface area contributed by atoms with E-state index in [1.165, 1.54) is 16.6 Å². The Labute approximate surface area is 124 Å². The van der Waals surface area contributed by atoms with Crippen molar-refractivity contribution in [3.05, 3.63) is 36.0 Å². The zero-order valence-electron chi connectivity index (χ0n) is 12.5. The highest BCUT2D eigenvalue weighted by Gasteiger charge is 2.30. The third kappa shape index (κ3) is 2.62. The fourth-order valence-corrected chi connectivity index (χ4v) is 3.61. The Kier molecular flexibility index (Phi) is 3.62. The molecule has 21 heavy (non-hydrogen) atoms. The lowest BCUT2D eigenvalue weighted by Gasteiger charge is -2.34. The zero-order chi connectivity index (χ0) is 15.0. The van der Waals surface area contributed by atoms with Crippen molar-refractivity contribution in [3.8, 4) is 0 Å². The first-order chi connectivity index (χ1) is 10.1. The molecule has 0 saturated heterocycles. The summed E-state index contributed by atoms with van der Waals surface area (Å²) >= 11 is 0. The van der Waals surface area contributed by atoms with Gasteiger partial charge in [0, 0.05) is 23.8 Å². The van der Waals surface area contributed by atoms with Crippen molar-refractivity contribution in [1.82, 2.24) is 9.88 Å². The molecule has 4 heteroatoms. The maximum atomic E-state index is 11.0. The molecule has 112 valence electrons. The smallest absolute Gasteiger partial charge is 0.404 e. The number of benzene rings is 1. The quantitative estimate of drug-likeness (QED) is 0.907. The number of nitrogens with one attached hydrogen (secondary N) is 1. The van der Waals surface area contributed by atoms with E-state index in [0.29, 0.717) is 11.8 Å². The highest BCUT2D eigenvalue weighted by molar-refractivity contribution is 5.81. The topological polar surface area (TPSA) is 54.3 Å². The predicted molar refractivity (Wildman–Crippen MR) is 83.5 cm³/mol. The van der Waals surface area contributed by atoms with Crippen LogP contribution < -0.4 is 5.32 Å². The number of hydrogen-bond donors (Lipinski definition) is 2. The first kappa shape index (κ1) is 14.0. The minimum Gasteiger partial charge on any atom is -0.465 e. The Hall–Kier alpha value is -1.97. The van der Waals surface area contributed by atoms with Crippen molar-refractivity contribution in [2.45, 2.75) is 39.3 Å². The Morgan fingerprint density at radius 3 is 2.86 bits per heavy atom. The summed E-state index contributed by atoms with van der Waals surface area (Å²) in [4.78, 5) is 11.0. The molecule has 2 heterocycles. The Morgan fingerprint density at radius 2 is 2.14 bits per heavy atom. The van der Waals surface area contributed by atoms with E-state index in [1.807, 2.05) is 0 Å². The van der Waals surface area contributed by atoms with Crippen molar-refractivity contribution < 1.29 is 9.90 Å². The van der Waals surface area contributed by atoms with E-state index < -0.39 is 6.09 Å². The van der Waals surface area contributed by atoms with Crippen LogP contribution in [0.2, 0.25) is 0 Å². The number of carboxylic acid groups (broad SMARTS) is 1. The Balaban J connectivity index is 1.90. The number of carbonyl (C=O) groups is 1. The molecular formula is C17H22N2O2. The van der Waals surface area contributed by atoms with Gasteiger partial charge < -0.3 is 15.0 Å². The molecule has 1 aliphatic rings. The third-order valence-electron chi connectivity index (χ3n) is 4.60. The summed E-state index contributed by atoms with van der Waals surface area (Å²) < 4.78 is 2.36. The van der Waals surface area contributed by atoms with Crippen LogP contribution in [0.1, 0.15) is 26.0 Å². The standard InChI is InChI=1S/C17H22N2O2/c1-11(2)16(18-17(20)21)13-7-8-14-9-12-5-3-4-6-15(12)19(14)10-13/h3-6,9,11,13,16,18H,7-8,10H2,1-2H3,(H,20,21). The van der Waals surface area contributed by atoms with Gasteiger partial charge in [-0.25, -0.2) is 4.79 Å². The van der Waals surface area contributed by atoms with E-state index in [1.54, 1.807) is 0 Å². The van der Waals surface area contributed by atoms with Gasteiger partial charge in [-0.3, -0.25) is 0 Å². The first-order valence-electron chi connectivity index (χ1n) is 7.63. The SMILES string of the molecule is CC(C)C(NC(=O)O)C1CCc2cc3ccccc3n2C1. The second kappa shape index (κ2) is 5.43. The van der Waals surface area contributed by atoms with E-state index in [2.05, 4.69) is 54.1 Å². The second-order valence-electron chi connectivity index (χ2n) is 6.32. The summed E-state index contributed by atoms with van der Waals surface area (Å²) in [5, 5.41) is 13.1. The third-order valence-corrected chi connectivity index (χ3v) is 4.60. The Bertz CT molecular complexity index is 660. The predicted octanol–water partition coefficient (Wildman–Crippen LogP) is 3.50. The van der Waals surface area contributed by atoms with Crippen molar-refractivity contribution in [1.29, 1.82) is 0 Å². The number of fused-ring (bicyclic) bond motifs is 3. The molecule has 1 amide bonds. The van der Waals surface area contributed by atoms with Crippen LogP contribution in [0.4, 0.5) is 4.79 Å². The monoisotopic (exact) mass is 286 g/mol. The van der Waals surface area contributed by atoms with Crippen LogP contribution in [0, 0.1) is 11.8 Å². The summed E-state index contributed by atoms with van der Waals surface area (Å²) in [6.45, 7) is 5.07. The normalized spacial score (nSPS) is 19.5. The molecule has 0 saturated carbocycles. The molecule has 2 aromatic rings. The van der Waals surface area contributed by atoms with Gasteiger partial charge in [0.25, 0.3) is 0 Å². The number of amides is 1. The first-order valence-corrected chi connectivity index (χ1v) is 7.63. The van der Waals surface area contributed by atoms with Gasteiger partial charge in [-0.15, -0.1) is 0 Å². The molecule has 2 unspecified atom stereocenters. The van der Waals surface area contributed by atoms with Gasteiger partial charge in [-0.05, 0) is 42.2 Å². The van der Waals surface area contributed by atoms with Gasteiger partial charge >= 0.3 is 6.09 Å². The average molecular weight is 286 g/mol. The Morgan fingerprint density at radius 1 is 1.38 bits per heavy atom. The van der Waals surface area contributed by atoms with Gasteiger partial charge in [0.05, 0.1) is 0 Å². The summed E-state index contributed by atoms with van der Waals surface area (Å²) in [6, 6.07) is 10.7. The van der Waals surface area contributed by atoms with Crippen LogP contribution in [0.25, 0.3) is 10.9 Å². The summed E-state index contributed by atoms with van der Waals surface area (Å²) in [7, 11) is 0. The molecule has 1 aromatic heterocycles. The van der Waals surface area contributed by atoms with E-state index in [9.17, 15) is 4.79 Å². The highest BCUT2D eigenvalue weighted by atomic mass is 16.4. The number of aryl methyl sites for hydroxylation is 1. The summed E-state index contributed by atoms with van der Waals surface area (Å²) in [5.41, 5.74) is 2.63. The van der Waals surface area contributed by atoms with Crippen LogP contribution >= 0.6 is 0 Å². The minimum atomic E-state index is -0.920. The molecule has 0 bridgehead atoms. The molecule has 3 rings (SSSR count). The molecule has 4 nitrogen and oxygen atoms in total. The van der Waals surface area contributed by atoms with E-state index in [0.717, 1.165) is 19.4 Å². The van der Waals surface area contributed by atoms with E-state index >= 15 is 0 Å². The van der Waals surface area contributed by atoms with Crippen molar-refractivity contribution in [2.75, 3.05) is 0 Å². The number of aromatic nitrogens is 1. The van der Waals surface area contributed by atoms with Gasteiger partial charge in [0.2, 0.25) is 0 Å². The maximum absolute atomic E-state index is 11.0. The molecule has 0 radical (unpaired) electrons. The number of rotatable bonds is 3. The van der Waals surface area contributed by atoms with Crippen molar-refractivity contribution in [3.63, 3.8) is 0 Å². The summed E-state index contributed by atoms with van der Waals surface area (Å²) in [5.74, 6) is 0.652. The minimum absolute atomic E-state index is 0.0109. The number of para-hydroxylation sites is 1. The lowest BCUT2D eigenvalue weighted by atomic mass is 9.85. The maximum Gasteiger partial charge on any atom is 0.404 e. The van der Waals surface area contributed by atoms with Crippen LogP contribution in [0.3, 0.4) is 0 Å². The highest BCUT2D eigenvalue weighted by Crippen LogP contribution is 2.31. The lowest BCUT2D eigenvalue weighted by Crippen LogP contribution is -2.46. The molecular weight excluding hydrogens is 264 g/mol. The largest absolute Gasteiger partial charge is 0.465 e. The molecule has 1 aliphatic heterocycles. The van der Waals surface area contributed by atoms with Crippen molar-refractivity contribution in [2.24, 2.45) is 11.8 Å². The fraction of sp³-hybridized carbons (Fsp3) is 0.471. The average Bonchev–Trinajstić information content (AvgIpc) is 2.82. The van der Waals surface area contributed by atoms with Gasteiger partial charge in [-0.2, -0.15) is 0 Å². The second-order valence-corrected chi connectivity index (χ2v) is 6.32. The molecule has 0 fully saturated rings. The lowest BCUT2D eigenvalue weighted by molar-refractivity contribution is 0.167. The zero-order valence-corrected chi connectivity index (χ0v) is 12.5. The molecule has 2 N–H and O–H groups in total. The van der Waals surface area contributed by atoms with Crippen LogP contribution in [0.15, 0.2) is 30.3 Å². The molecule has 0 aliphatic carbocycles. The molecule has 0 spiro atoms. The number of nitrogens with zero attached hydrogens (tertiary/aromatic N) is 1.